The molecular formula is C59H119NO7P+. The van der Waals surface area contributed by atoms with Crippen LogP contribution in [0.3, 0.4) is 0 Å². The Morgan fingerprint density at radius 1 is 0.441 bits per heavy atom. The van der Waals surface area contributed by atoms with Gasteiger partial charge in [-0.3, -0.25) is 13.8 Å². The van der Waals surface area contributed by atoms with Crippen molar-refractivity contribution in [1.82, 2.24) is 0 Å². The third-order valence-electron chi connectivity index (χ3n) is 13.6. The zero-order valence-corrected chi connectivity index (χ0v) is 47.3. The van der Waals surface area contributed by atoms with E-state index in [9.17, 15) is 14.3 Å². The lowest BCUT2D eigenvalue weighted by Crippen LogP contribution is -2.37. The molecule has 0 aliphatic carbocycles. The maximum atomic E-state index is 12.8. The molecule has 406 valence electrons. The van der Waals surface area contributed by atoms with Gasteiger partial charge in [-0.2, -0.15) is 0 Å². The van der Waals surface area contributed by atoms with Crippen LogP contribution in [0.25, 0.3) is 0 Å². The molecule has 0 fully saturated rings. The first-order chi connectivity index (χ1) is 33.1. The predicted molar refractivity (Wildman–Crippen MR) is 294 cm³/mol. The van der Waals surface area contributed by atoms with Gasteiger partial charge in [0.1, 0.15) is 19.3 Å². The number of phosphoric acid groups is 1. The van der Waals surface area contributed by atoms with Crippen LogP contribution in [-0.4, -0.2) is 75.6 Å². The van der Waals surface area contributed by atoms with Gasteiger partial charge >= 0.3 is 13.8 Å². The second-order valence-electron chi connectivity index (χ2n) is 21.7. The highest BCUT2D eigenvalue weighted by Gasteiger charge is 2.26. The van der Waals surface area contributed by atoms with Crippen molar-refractivity contribution in [3.05, 3.63) is 12.2 Å². The van der Waals surface area contributed by atoms with Crippen LogP contribution in [0.4, 0.5) is 0 Å². The maximum absolute atomic E-state index is 12.8. The summed E-state index contributed by atoms with van der Waals surface area (Å²) in [6.45, 7) is 5.70. The molecule has 0 aromatic carbocycles. The molecule has 0 aliphatic rings. The molecular weight excluding hydrogens is 866 g/mol. The summed E-state index contributed by atoms with van der Waals surface area (Å²) in [5.74, 6) is -0.304. The summed E-state index contributed by atoms with van der Waals surface area (Å²) in [5.41, 5.74) is 0. The number of nitrogens with zero attached hydrogens (tertiary/aromatic N) is 1. The van der Waals surface area contributed by atoms with E-state index in [4.69, 9.17) is 18.5 Å². The maximum Gasteiger partial charge on any atom is 0.472 e. The Labute approximate surface area is 424 Å². The lowest BCUT2D eigenvalue weighted by atomic mass is 10.0. The van der Waals surface area contributed by atoms with Gasteiger partial charge in [-0.15, -0.1) is 0 Å². The summed E-state index contributed by atoms with van der Waals surface area (Å²) >= 11 is 0. The Bertz CT molecular complexity index is 1100. The van der Waals surface area contributed by atoms with Crippen molar-refractivity contribution in [2.24, 2.45) is 0 Å². The topological polar surface area (TPSA) is 91.3 Å². The number of allylic oxidation sites excluding steroid dienone is 2. The Morgan fingerprint density at radius 3 is 1.12 bits per heavy atom. The van der Waals surface area contributed by atoms with Crippen molar-refractivity contribution < 1.29 is 37.3 Å². The van der Waals surface area contributed by atoms with Crippen LogP contribution < -0.4 is 0 Å². The number of rotatable bonds is 57. The fraction of sp³-hybridized carbons (Fsp3) is 0.949. The minimum atomic E-state index is -4.28. The van der Waals surface area contributed by atoms with Crippen molar-refractivity contribution in [2.45, 2.75) is 309 Å². The molecule has 0 aromatic heterocycles. The molecule has 68 heavy (non-hydrogen) atoms. The van der Waals surface area contributed by atoms with E-state index in [1.165, 1.54) is 250 Å². The second-order valence-corrected chi connectivity index (χ2v) is 23.2. The number of carbonyl (C=O) groups excluding carboxylic acids is 1. The van der Waals surface area contributed by atoms with Gasteiger partial charge in [0.2, 0.25) is 0 Å². The van der Waals surface area contributed by atoms with Gasteiger partial charge in [0.15, 0.2) is 0 Å². The Kier molecular flexibility index (Phi) is 52.0. The number of hydrogen-bond acceptors (Lipinski definition) is 6. The lowest BCUT2D eigenvalue weighted by Gasteiger charge is -2.24. The highest BCUT2D eigenvalue weighted by molar-refractivity contribution is 7.47. The van der Waals surface area contributed by atoms with E-state index in [0.717, 1.165) is 32.1 Å². The van der Waals surface area contributed by atoms with E-state index in [-0.39, 0.29) is 25.8 Å². The van der Waals surface area contributed by atoms with Crippen LogP contribution in [0.5, 0.6) is 0 Å². The summed E-state index contributed by atoms with van der Waals surface area (Å²) in [5, 5.41) is 0. The average molecular weight is 986 g/mol. The van der Waals surface area contributed by atoms with Crippen LogP contribution in [0.1, 0.15) is 303 Å². The van der Waals surface area contributed by atoms with Gasteiger partial charge < -0.3 is 18.9 Å². The molecule has 8 nitrogen and oxygen atoms in total. The van der Waals surface area contributed by atoms with Gasteiger partial charge in [0.05, 0.1) is 34.4 Å². The minimum absolute atomic E-state index is 0.0927. The first-order valence-corrected chi connectivity index (χ1v) is 31.4. The standard InChI is InChI=1S/C59H118NO7P/c1-6-8-10-12-14-16-18-20-22-24-26-28-30-31-33-35-37-39-41-43-45-47-49-51-54-64-56-58(57-66-68(62,63)65-55-53-60(3,4)5)67-59(61)52-50-48-46-44-42-40-38-36-34-32-29-27-25-23-21-19-17-15-13-11-9-7-2/h24,26,58H,6-23,25,27-57H2,1-5H3/p+1/b26-24-. The lowest BCUT2D eigenvalue weighted by molar-refractivity contribution is -0.870. The number of likely N-dealkylation sites (N-methyl/N-ethyl adjacent to an activating group) is 1. The molecule has 0 saturated carbocycles. The quantitative estimate of drug-likeness (QED) is 0.0213. The summed E-state index contributed by atoms with van der Waals surface area (Å²) < 4.78 is 35.3. The first-order valence-electron chi connectivity index (χ1n) is 29.9. The van der Waals surface area contributed by atoms with Crippen molar-refractivity contribution >= 4 is 13.8 Å². The molecule has 0 amide bonds. The van der Waals surface area contributed by atoms with E-state index in [1.54, 1.807) is 0 Å². The van der Waals surface area contributed by atoms with E-state index < -0.39 is 13.9 Å². The van der Waals surface area contributed by atoms with Crippen molar-refractivity contribution in [2.75, 3.05) is 54.1 Å². The zero-order valence-electron chi connectivity index (χ0n) is 46.4. The summed E-state index contributed by atoms with van der Waals surface area (Å²) in [4.78, 5) is 23.1. The van der Waals surface area contributed by atoms with E-state index in [0.29, 0.717) is 24.1 Å². The Hall–Kier alpha value is -0.760. The molecule has 9 heteroatoms. The van der Waals surface area contributed by atoms with Gasteiger partial charge in [-0.05, 0) is 38.5 Å². The average Bonchev–Trinajstić information content (AvgIpc) is 3.30. The Morgan fingerprint density at radius 2 is 0.765 bits per heavy atom. The molecule has 0 aromatic rings. The molecule has 2 atom stereocenters. The van der Waals surface area contributed by atoms with Crippen LogP contribution in [0.15, 0.2) is 12.2 Å². The summed E-state index contributed by atoms with van der Waals surface area (Å²) in [7, 11) is 1.69. The second kappa shape index (κ2) is 52.6. The molecule has 0 spiro atoms. The van der Waals surface area contributed by atoms with Crippen molar-refractivity contribution in [3.63, 3.8) is 0 Å². The van der Waals surface area contributed by atoms with Gasteiger partial charge in [-0.25, -0.2) is 4.57 Å². The summed E-state index contributed by atoms with van der Waals surface area (Å²) in [6, 6.07) is 0. The number of ether oxygens (including phenoxy) is 2. The number of quaternary nitrogens is 1. The molecule has 0 aliphatic heterocycles. The van der Waals surface area contributed by atoms with Crippen LogP contribution in [0, 0.1) is 0 Å². The number of phosphoric ester groups is 1. The number of esters is 1. The molecule has 0 rings (SSSR count). The fourth-order valence-electron chi connectivity index (χ4n) is 8.96. The highest BCUT2D eigenvalue weighted by Crippen LogP contribution is 2.43. The molecule has 0 radical (unpaired) electrons. The molecule has 2 unspecified atom stereocenters. The van der Waals surface area contributed by atoms with Gasteiger partial charge in [0.25, 0.3) is 0 Å². The Balaban J connectivity index is 4.01. The normalized spacial score (nSPS) is 13.4. The van der Waals surface area contributed by atoms with E-state index >= 15 is 0 Å². The predicted octanol–water partition coefficient (Wildman–Crippen LogP) is 18.9. The third kappa shape index (κ3) is 56.2. The van der Waals surface area contributed by atoms with Crippen LogP contribution >= 0.6 is 7.82 Å². The SMILES string of the molecule is CCCCCCCCCC/C=C\CCCCCCCCCCCCCCOCC(COP(=O)(O)OCC[N+](C)(C)C)OC(=O)CCCCCCCCCCCCCCCCCCCCCCCC. The van der Waals surface area contributed by atoms with Crippen LogP contribution in [0.2, 0.25) is 0 Å². The van der Waals surface area contributed by atoms with E-state index in [2.05, 4.69) is 26.0 Å². The molecule has 0 bridgehead atoms. The molecule has 1 N–H and O–H groups in total. The monoisotopic (exact) mass is 985 g/mol. The zero-order chi connectivity index (χ0) is 49.8. The molecule has 0 saturated heterocycles. The molecule has 0 heterocycles. The summed E-state index contributed by atoms with van der Waals surface area (Å²) in [6.07, 6.45) is 62.8. The minimum Gasteiger partial charge on any atom is -0.457 e. The van der Waals surface area contributed by atoms with Crippen molar-refractivity contribution in [3.8, 4) is 0 Å². The van der Waals surface area contributed by atoms with Crippen molar-refractivity contribution in [1.29, 1.82) is 0 Å². The third-order valence-corrected chi connectivity index (χ3v) is 14.6. The smallest absolute Gasteiger partial charge is 0.457 e. The largest absolute Gasteiger partial charge is 0.472 e. The first kappa shape index (κ1) is 67.2. The van der Waals surface area contributed by atoms with Gasteiger partial charge in [-0.1, -0.05) is 270 Å². The number of unbranched alkanes of at least 4 members (excludes halogenated alkanes) is 41. The fourth-order valence-corrected chi connectivity index (χ4v) is 9.71. The number of hydrogen-bond donors (Lipinski definition) is 1. The van der Waals surface area contributed by atoms with Crippen LogP contribution in [-0.2, 0) is 27.9 Å². The van der Waals surface area contributed by atoms with Gasteiger partial charge in [0, 0.05) is 13.0 Å². The highest BCUT2D eigenvalue weighted by atomic mass is 31.2. The van der Waals surface area contributed by atoms with E-state index in [1.807, 2.05) is 21.1 Å². The number of carbonyl (C=O) groups is 1.